The summed E-state index contributed by atoms with van der Waals surface area (Å²) in [5.41, 5.74) is 1.59. The van der Waals surface area contributed by atoms with Crippen LogP contribution in [0.5, 0.6) is 0 Å². The van der Waals surface area contributed by atoms with Gasteiger partial charge in [0.2, 0.25) is 0 Å². The fourth-order valence-corrected chi connectivity index (χ4v) is 4.70. The van der Waals surface area contributed by atoms with Gasteiger partial charge in [-0.2, -0.15) is 10.3 Å². The molecule has 5 heterocycles. The second-order valence-electron chi connectivity index (χ2n) is 8.98. The van der Waals surface area contributed by atoms with Gasteiger partial charge in [0.25, 0.3) is 0 Å². The minimum absolute atomic E-state index is 0.0556. The third-order valence-corrected chi connectivity index (χ3v) is 6.46. The van der Waals surface area contributed by atoms with Crippen molar-refractivity contribution in [3.05, 3.63) is 59.9 Å². The SMILES string of the molecule is CCNC(=O)Nc1ncnc2c1ncn2C1OC(COCc2n[nH]nc2C(=O)O)C2O[C@H](c3ccccc3)OC21. The number of fused-ring (bicyclic) bond motifs is 2. The van der Waals surface area contributed by atoms with E-state index in [4.69, 9.17) is 18.9 Å². The summed E-state index contributed by atoms with van der Waals surface area (Å²) in [5, 5.41) is 24.4. The number of rotatable bonds is 9. The smallest absolute Gasteiger partial charge is 0.358 e. The Bertz CT molecular complexity index is 1510. The highest BCUT2D eigenvalue weighted by Crippen LogP contribution is 2.45. The molecular formula is C24H25N9O7. The van der Waals surface area contributed by atoms with Crippen LogP contribution in [0.2, 0.25) is 0 Å². The number of carbonyl (C=O) groups excluding carboxylic acids is 1. The first-order valence-corrected chi connectivity index (χ1v) is 12.5. The Balaban J connectivity index is 1.25. The van der Waals surface area contributed by atoms with Crippen molar-refractivity contribution in [3.8, 4) is 0 Å². The maximum Gasteiger partial charge on any atom is 0.358 e. The first kappa shape index (κ1) is 25.8. The lowest BCUT2D eigenvalue weighted by atomic mass is 10.1. The molecule has 2 fully saturated rings. The summed E-state index contributed by atoms with van der Waals surface area (Å²) in [4.78, 5) is 36.4. The van der Waals surface area contributed by atoms with Crippen LogP contribution in [0.15, 0.2) is 43.0 Å². The molecule has 2 aliphatic rings. The van der Waals surface area contributed by atoms with Gasteiger partial charge in [-0.25, -0.2) is 24.5 Å². The number of amides is 2. The molecule has 1 aromatic carbocycles. The summed E-state index contributed by atoms with van der Waals surface area (Å²) in [7, 11) is 0. The van der Waals surface area contributed by atoms with E-state index < -0.39 is 42.8 Å². The molecule has 5 atom stereocenters. The van der Waals surface area contributed by atoms with Gasteiger partial charge in [-0.3, -0.25) is 9.88 Å². The van der Waals surface area contributed by atoms with Crippen molar-refractivity contribution in [1.82, 2.24) is 40.2 Å². The Kier molecular flexibility index (Phi) is 7.04. The van der Waals surface area contributed by atoms with Crippen LogP contribution in [0.1, 0.15) is 41.2 Å². The number of carboxylic acid groups (broad SMARTS) is 1. The fraction of sp³-hybridized carbons (Fsp3) is 0.375. The number of nitrogens with zero attached hydrogens (tertiary/aromatic N) is 6. The zero-order valence-corrected chi connectivity index (χ0v) is 21.1. The Morgan fingerprint density at radius 2 is 1.93 bits per heavy atom. The first-order chi connectivity index (χ1) is 19.5. The minimum Gasteiger partial charge on any atom is -0.476 e. The number of aromatic carboxylic acids is 1. The van der Waals surface area contributed by atoms with Crippen LogP contribution in [-0.4, -0.2) is 83.5 Å². The van der Waals surface area contributed by atoms with Crippen LogP contribution in [0.25, 0.3) is 11.2 Å². The summed E-state index contributed by atoms with van der Waals surface area (Å²) in [6.07, 6.45) is -0.153. The second-order valence-corrected chi connectivity index (χ2v) is 8.98. The third-order valence-electron chi connectivity index (χ3n) is 6.46. The zero-order valence-electron chi connectivity index (χ0n) is 21.1. The minimum atomic E-state index is -1.21. The molecule has 0 bridgehead atoms. The number of imidazole rings is 1. The molecule has 4 N–H and O–H groups in total. The van der Waals surface area contributed by atoms with E-state index in [-0.39, 0.29) is 30.4 Å². The number of ether oxygens (including phenoxy) is 4. The molecule has 3 aromatic heterocycles. The highest BCUT2D eigenvalue weighted by molar-refractivity contribution is 5.95. The van der Waals surface area contributed by atoms with Crippen molar-refractivity contribution in [3.63, 3.8) is 0 Å². The number of hydrogen-bond acceptors (Lipinski definition) is 11. The van der Waals surface area contributed by atoms with Gasteiger partial charge < -0.3 is 29.4 Å². The van der Waals surface area contributed by atoms with Crippen molar-refractivity contribution >= 4 is 29.0 Å². The molecule has 40 heavy (non-hydrogen) atoms. The highest BCUT2D eigenvalue weighted by atomic mass is 16.8. The van der Waals surface area contributed by atoms with Gasteiger partial charge >= 0.3 is 12.0 Å². The van der Waals surface area contributed by atoms with Gasteiger partial charge in [0.1, 0.15) is 30.3 Å². The van der Waals surface area contributed by atoms with Gasteiger partial charge in [-0.1, -0.05) is 30.3 Å². The van der Waals surface area contributed by atoms with E-state index in [1.54, 1.807) is 17.8 Å². The van der Waals surface area contributed by atoms with E-state index in [0.717, 1.165) is 5.56 Å². The van der Waals surface area contributed by atoms with Gasteiger partial charge in [-0.15, -0.1) is 5.10 Å². The molecule has 0 radical (unpaired) electrons. The standard InChI is InChI=1S/C24H25N9O7/c1-2-25-24(36)29-19-16-20(27-10-26-19)33(11-28-16)21-18-17(39-23(40-18)12-6-4-3-5-7-12)14(38-21)9-37-8-13-15(22(34)35)31-32-30-13/h3-7,10-11,14,17-18,21,23H,2,8-9H2,1H3,(H,34,35)(H,30,31,32)(H2,25,26,27,29,36)/t14?,17?,18?,21?,23-/m0/s1. The van der Waals surface area contributed by atoms with Gasteiger partial charge in [0, 0.05) is 12.1 Å². The number of hydrogen-bond donors (Lipinski definition) is 4. The van der Waals surface area contributed by atoms with Crippen LogP contribution in [-0.2, 0) is 25.6 Å². The molecule has 0 aliphatic carbocycles. The maximum absolute atomic E-state index is 12.1. The number of benzene rings is 1. The topological polar surface area (TPSA) is 201 Å². The summed E-state index contributed by atoms with van der Waals surface area (Å²) in [5.74, 6) is -0.963. The fourth-order valence-electron chi connectivity index (χ4n) is 4.70. The van der Waals surface area contributed by atoms with E-state index >= 15 is 0 Å². The van der Waals surface area contributed by atoms with Crippen molar-refractivity contribution < 1.29 is 33.6 Å². The number of aromatic nitrogens is 7. The molecule has 0 saturated carbocycles. The predicted molar refractivity (Wildman–Crippen MR) is 134 cm³/mol. The van der Waals surface area contributed by atoms with Crippen molar-refractivity contribution in [2.24, 2.45) is 0 Å². The average molecular weight is 552 g/mol. The molecule has 4 unspecified atom stereocenters. The Hall–Kier alpha value is -4.51. The molecule has 2 amide bonds. The molecule has 208 valence electrons. The third kappa shape index (κ3) is 4.84. The normalized spacial score (nSPS) is 23.8. The van der Waals surface area contributed by atoms with Gasteiger partial charge in [0.15, 0.2) is 35.2 Å². The Morgan fingerprint density at radius 1 is 1.10 bits per heavy atom. The molecule has 2 saturated heterocycles. The number of carboxylic acids is 1. The van der Waals surface area contributed by atoms with Gasteiger partial charge in [-0.05, 0) is 6.92 Å². The van der Waals surface area contributed by atoms with Crippen molar-refractivity contribution in [1.29, 1.82) is 0 Å². The van der Waals surface area contributed by atoms with Crippen molar-refractivity contribution in [2.45, 2.75) is 44.4 Å². The summed E-state index contributed by atoms with van der Waals surface area (Å²) >= 11 is 0. The number of anilines is 1. The first-order valence-electron chi connectivity index (χ1n) is 12.5. The van der Waals surface area contributed by atoms with Gasteiger partial charge in [0.05, 0.1) is 19.5 Å². The summed E-state index contributed by atoms with van der Waals surface area (Å²) in [6, 6.07) is 9.09. The summed E-state index contributed by atoms with van der Waals surface area (Å²) < 4.78 is 26.5. The van der Waals surface area contributed by atoms with Crippen LogP contribution < -0.4 is 10.6 Å². The van der Waals surface area contributed by atoms with Crippen molar-refractivity contribution in [2.75, 3.05) is 18.5 Å². The molecule has 0 spiro atoms. The molecule has 2 aliphatic heterocycles. The lowest BCUT2D eigenvalue weighted by Crippen LogP contribution is -2.31. The van der Waals surface area contributed by atoms with E-state index in [1.165, 1.54) is 6.33 Å². The van der Waals surface area contributed by atoms with Crippen LogP contribution in [0.3, 0.4) is 0 Å². The monoisotopic (exact) mass is 551 g/mol. The largest absolute Gasteiger partial charge is 0.476 e. The number of carbonyl (C=O) groups is 2. The molecule has 6 rings (SSSR count). The Morgan fingerprint density at radius 3 is 2.73 bits per heavy atom. The molecule has 4 aromatic rings. The number of nitrogens with one attached hydrogen (secondary N) is 3. The van der Waals surface area contributed by atoms with Crippen LogP contribution in [0.4, 0.5) is 10.6 Å². The molecular weight excluding hydrogens is 526 g/mol. The maximum atomic E-state index is 12.1. The number of aromatic amines is 1. The van der Waals surface area contributed by atoms with Crippen LogP contribution >= 0.6 is 0 Å². The second kappa shape index (κ2) is 10.9. The zero-order chi connectivity index (χ0) is 27.6. The molecule has 16 heteroatoms. The highest BCUT2D eigenvalue weighted by Gasteiger charge is 2.54. The Labute approximate surface area is 226 Å². The molecule has 16 nitrogen and oxygen atoms in total. The van der Waals surface area contributed by atoms with E-state index in [1.807, 2.05) is 30.3 Å². The number of H-pyrrole nitrogens is 1. The quantitative estimate of drug-likeness (QED) is 0.233. The predicted octanol–water partition coefficient (Wildman–Crippen LogP) is 1.38. The van der Waals surface area contributed by atoms with E-state index in [2.05, 4.69) is 41.0 Å². The van der Waals surface area contributed by atoms with Crippen LogP contribution in [0, 0.1) is 0 Å². The lowest BCUT2D eigenvalue weighted by molar-refractivity contribution is -0.158. The lowest BCUT2D eigenvalue weighted by Gasteiger charge is -2.21. The van der Waals surface area contributed by atoms with E-state index in [0.29, 0.717) is 17.7 Å². The van der Waals surface area contributed by atoms with E-state index in [9.17, 15) is 14.7 Å². The number of urea groups is 1. The summed E-state index contributed by atoms with van der Waals surface area (Å²) in [6.45, 7) is 2.21. The average Bonchev–Trinajstić information content (AvgIpc) is 3.74.